The number of nitrogens with one attached hydrogen (secondary N) is 1. The SMILES string of the molecule is Cc1nc(CNc2ccnc3ccsc23)ccc1C(C)O. The van der Waals surface area contributed by atoms with Crippen LogP contribution >= 0.6 is 11.3 Å². The molecule has 0 bridgehead atoms. The van der Waals surface area contributed by atoms with Gasteiger partial charge in [0.1, 0.15) is 0 Å². The standard InChI is InChI=1S/C16H17N3OS/c1-10-13(11(2)20)4-3-12(19-10)9-18-14-5-7-17-15-6-8-21-16(14)15/h3-8,11,20H,9H2,1-2H3,(H,17,18). The molecule has 21 heavy (non-hydrogen) atoms. The number of aliphatic hydroxyl groups excluding tert-OH is 1. The fraction of sp³-hybridized carbons (Fsp3) is 0.250. The van der Waals surface area contributed by atoms with E-state index in [9.17, 15) is 5.11 Å². The first-order valence-corrected chi connectivity index (χ1v) is 7.73. The summed E-state index contributed by atoms with van der Waals surface area (Å²) >= 11 is 1.68. The van der Waals surface area contributed by atoms with Gasteiger partial charge in [0.2, 0.25) is 0 Å². The average molecular weight is 299 g/mol. The van der Waals surface area contributed by atoms with Gasteiger partial charge in [-0.1, -0.05) is 6.07 Å². The third-order valence-corrected chi connectivity index (χ3v) is 4.38. The molecule has 0 aliphatic rings. The van der Waals surface area contributed by atoms with Gasteiger partial charge in [-0.05, 0) is 37.4 Å². The van der Waals surface area contributed by atoms with Crippen LogP contribution in [0.1, 0.15) is 30.0 Å². The summed E-state index contributed by atoms with van der Waals surface area (Å²) < 4.78 is 1.16. The van der Waals surface area contributed by atoms with Crippen LogP contribution in [0.5, 0.6) is 0 Å². The molecule has 3 rings (SSSR count). The van der Waals surface area contributed by atoms with Crippen molar-refractivity contribution >= 4 is 27.2 Å². The third-order valence-electron chi connectivity index (χ3n) is 3.44. The molecule has 4 nitrogen and oxygen atoms in total. The smallest absolute Gasteiger partial charge is 0.0830 e. The van der Waals surface area contributed by atoms with Crippen molar-refractivity contribution in [2.45, 2.75) is 26.5 Å². The van der Waals surface area contributed by atoms with E-state index in [2.05, 4.69) is 15.3 Å². The van der Waals surface area contributed by atoms with Crippen LogP contribution < -0.4 is 5.32 Å². The van der Waals surface area contributed by atoms with E-state index in [1.807, 2.05) is 42.8 Å². The third kappa shape index (κ3) is 2.89. The average Bonchev–Trinajstić information content (AvgIpc) is 2.93. The summed E-state index contributed by atoms with van der Waals surface area (Å²) in [7, 11) is 0. The van der Waals surface area contributed by atoms with Gasteiger partial charge in [0.05, 0.1) is 34.2 Å². The van der Waals surface area contributed by atoms with Gasteiger partial charge in [-0.2, -0.15) is 0 Å². The van der Waals surface area contributed by atoms with E-state index in [-0.39, 0.29) is 0 Å². The van der Waals surface area contributed by atoms with Crippen molar-refractivity contribution in [2.24, 2.45) is 0 Å². The molecule has 0 spiro atoms. The summed E-state index contributed by atoms with van der Waals surface area (Å²) in [5, 5.41) is 15.1. The summed E-state index contributed by atoms with van der Waals surface area (Å²) in [6.07, 6.45) is 1.33. The van der Waals surface area contributed by atoms with Crippen molar-refractivity contribution in [3.05, 3.63) is 52.8 Å². The molecule has 5 heteroatoms. The van der Waals surface area contributed by atoms with E-state index >= 15 is 0 Å². The second kappa shape index (κ2) is 5.79. The number of thiophene rings is 1. The monoisotopic (exact) mass is 299 g/mol. The molecule has 3 aromatic heterocycles. The molecule has 2 N–H and O–H groups in total. The number of rotatable bonds is 4. The molecule has 0 aliphatic carbocycles. The summed E-state index contributed by atoms with van der Waals surface area (Å²) in [6, 6.07) is 7.90. The Morgan fingerprint density at radius 2 is 2.14 bits per heavy atom. The number of hydrogen-bond donors (Lipinski definition) is 2. The second-order valence-corrected chi connectivity index (χ2v) is 5.92. The predicted molar refractivity (Wildman–Crippen MR) is 86.6 cm³/mol. The predicted octanol–water partition coefficient (Wildman–Crippen LogP) is 3.67. The van der Waals surface area contributed by atoms with Gasteiger partial charge >= 0.3 is 0 Å². The highest BCUT2D eigenvalue weighted by Gasteiger charge is 2.08. The van der Waals surface area contributed by atoms with Crippen LogP contribution in [0.25, 0.3) is 10.2 Å². The topological polar surface area (TPSA) is 58.0 Å². The van der Waals surface area contributed by atoms with Crippen LogP contribution in [-0.2, 0) is 6.54 Å². The Hall–Kier alpha value is -1.98. The van der Waals surface area contributed by atoms with Gasteiger partial charge in [0.15, 0.2) is 0 Å². The first-order chi connectivity index (χ1) is 10.1. The number of anilines is 1. The molecule has 1 atom stereocenters. The molecular weight excluding hydrogens is 282 g/mol. The number of nitrogens with zero attached hydrogens (tertiary/aromatic N) is 2. The Morgan fingerprint density at radius 1 is 1.29 bits per heavy atom. The maximum absolute atomic E-state index is 9.64. The van der Waals surface area contributed by atoms with Gasteiger partial charge in [0.25, 0.3) is 0 Å². The number of fused-ring (bicyclic) bond motifs is 1. The zero-order valence-corrected chi connectivity index (χ0v) is 12.8. The Morgan fingerprint density at radius 3 is 2.90 bits per heavy atom. The minimum absolute atomic E-state index is 0.481. The zero-order chi connectivity index (χ0) is 14.8. The van der Waals surface area contributed by atoms with Crippen molar-refractivity contribution in [2.75, 3.05) is 5.32 Å². The maximum atomic E-state index is 9.64. The maximum Gasteiger partial charge on any atom is 0.0830 e. The number of aliphatic hydroxyl groups is 1. The lowest BCUT2D eigenvalue weighted by Gasteiger charge is -2.11. The largest absolute Gasteiger partial charge is 0.389 e. The van der Waals surface area contributed by atoms with Crippen molar-refractivity contribution < 1.29 is 5.11 Å². The summed E-state index contributed by atoms with van der Waals surface area (Å²) in [6.45, 7) is 4.33. The van der Waals surface area contributed by atoms with E-state index in [1.165, 1.54) is 0 Å². The Bertz CT molecular complexity index is 767. The van der Waals surface area contributed by atoms with Crippen molar-refractivity contribution in [1.29, 1.82) is 0 Å². The van der Waals surface area contributed by atoms with Gasteiger partial charge < -0.3 is 10.4 Å². The molecule has 0 saturated carbocycles. The molecule has 0 saturated heterocycles. The minimum atomic E-state index is -0.481. The van der Waals surface area contributed by atoms with Crippen LogP contribution in [0.3, 0.4) is 0 Å². The number of hydrogen-bond acceptors (Lipinski definition) is 5. The van der Waals surface area contributed by atoms with Gasteiger partial charge in [-0.15, -0.1) is 11.3 Å². The summed E-state index contributed by atoms with van der Waals surface area (Å²) in [5.41, 5.74) is 4.80. The first-order valence-electron chi connectivity index (χ1n) is 6.85. The van der Waals surface area contributed by atoms with E-state index in [0.717, 1.165) is 32.9 Å². The molecule has 0 radical (unpaired) electrons. The number of aromatic nitrogens is 2. The lowest BCUT2D eigenvalue weighted by molar-refractivity contribution is 0.198. The van der Waals surface area contributed by atoms with Crippen LogP contribution in [0.15, 0.2) is 35.8 Å². The van der Waals surface area contributed by atoms with Crippen molar-refractivity contribution in [1.82, 2.24) is 9.97 Å². The minimum Gasteiger partial charge on any atom is -0.389 e. The van der Waals surface area contributed by atoms with E-state index in [1.54, 1.807) is 18.3 Å². The highest BCUT2D eigenvalue weighted by molar-refractivity contribution is 7.17. The van der Waals surface area contributed by atoms with E-state index < -0.39 is 6.10 Å². The molecule has 108 valence electrons. The van der Waals surface area contributed by atoms with Gasteiger partial charge in [-0.25, -0.2) is 0 Å². The van der Waals surface area contributed by atoms with Gasteiger partial charge in [-0.3, -0.25) is 9.97 Å². The Kier molecular flexibility index (Phi) is 3.86. The molecule has 3 heterocycles. The fourth-order valence-corrected chi connectivity index (χ4v) is 3.20. The zero-order valence-electron chi connectivity index (χ0n) is 12.0. The van der Waals surface area contributed by atoms with E-state index in [0.29, 0.717) is 6.54 Å². The number of aryl methyl sites for hydroxylation is 1. The summed E-state index contributed by atoms with van der Waals surface area (Å²) in [4.78, 5) is 8.87. The molecule has 0 amide bonds. The number of pyridine rings is 2. The van der Waals surface area contributed by atoms with E-state index in [4.69, 9.17) is 0 Å². The molecule has 3 aromatic rings. The van der Waals surface area contributed by atoms with Gasteiger partial charge in [0, 0.05) is 17.5 Å². The normalized spacial score (nSPS) is 12.5. The highest BCUT2D eigenvalue weighted by Crippen LogP contribution is 2.27. The van der Waals surface area contributed by atoms with Crippen LogP contribution in [-0.4, -0.2) is 15.1 Å². The summed E-state index contributed by atoms with van der Waals surface area (Å²) in [5.74, 6) is 0. The highest BCUT2D eigenvalue weighted by atomic mass is 32.1. The second-order valence-electron chi connectivity index (χ2n) is 5.00. The van der Waals surface area contributed by atoms with Crippen molar-refractivity contribution in [3.63, 3.8) is 0 Å². The molecular formula is C16H17N3OS. The fourth-order valence-electron chi connectivity index (χ4n) is 2.36. The molecule has 0 aromatic carbocycles. The van der Waals surface area contributed by atoms with Crippen LogP contribution in [0.2, 0.25) is 0 Å². The van der Waals surface area contributed by atoms with Crippen LogP contribution in [0.4, 0.5) is 5.69 Å². The molecule has 0 fully saturated rings. The first kappa shape index (κ1) is 14.0. The lowest BCUT2D eigenvalue weighted by Crippen LogP contribution is -2.05. The Balaban J connectivity index is 1.79. The van der Waals surface area contributed by atoms with Crippen molar-refractivity contribution in [3.8, 4) is 0 Å². The lowest BCUT2D eigenvalue weighted by atomic mass is 10.1. The molecule has 1 unspecified atom stereocenters. The molecule has 0 aliphatic heterocycles. The van der Waals surface area contributed by atoms with Crippen LogP contribution in [0, 0.1) is 6.92 Å². The Labute approximate surface area is 127 Å². The quantitative estimate of drug-likeness (QED) is 0.772.